The Hall–Kier alpha value is -3.66. The molecule has 0 saturated carbocycles. The Balaban J connectivity index is 1.16. The Morgan fingerprint density at radius 1 is 0.694 bits per heavy atom. The van der Waals surface area contributed by atoms with E-state index in [0.717, 1.165) is 68.5 Å². The first-order valence-corrected chi connectivity index (χ1v) is 13.1. The fourth-order valence-corrected chi connectivity index (χ4v) is 5.77. The SMILES string of the molecule is C[C@H]1CC[C@@H](c2nc3ccc(C#Cc4ccc5c(ccc6[nH]c([C@@H]7CC[C@H](C)N7)nc65)c4)cc3[nH]2)N1. The van der Waals surface area contributed by atoms with Crippen LogP contribution in [-0.2, 0) is 0 Å². The molecular formula is C30H30N6. The molecule has 3 aromatic carbocycles. The van der Waals surface area contributed by atoms with E-state index in [-0.39, 0.29) is 0 Å². The second-order valence-electron chi connectivity index (χ2n) is 10.5. The summed E-state index contributed by atoms with van der Waals surface area (Å²) in [6, 6.07) is 18.6. The normalized spacial score (nSPS) is 24.1. The van der Waals surface area contributed by atoms with Gasteiger partial charge in [-0.25, -0.2) is 9.97 Å². The van der Waals surface area contributed by atoms with Crippen LogP contribution in [0.4, 0.5) is 0 Å². The number of H-pyrrole nitrogens is 2. The molecule has 0 aliphatic carbocycles. The van der Waals surface area contributed by atoms with Crippen molar-refractivity contribution >= 4 is 32.8 Å². The van der Waals surface area contributed by atoms with Crippen molar-refractivity contribution in [1.82, 2.24) is 30.6 Å². The molecule has 6 nitrogen and oxygen atoms in total. The topological polar surface area (TPSA) is 81.4 Å². The number of hydrogen-bond donors (Lipinski definition) is 4. The molecule has 4 atom stereocenters. The van der Waals surface area contributed by atoms with Crippen LogP contribution in [0.5, 0.6) is 0 Å². The van der Waals surface area contributed by atoms with Crippen LogP contribution < -0.4 is 10.6 Å². The highest BCUT2D eigenvalue weighted by molar-refractivity contribution is 6.04. The average molecular weight is 475 g/mol. The van der Waals surface area contributed by atoms with Gasteiger partial charge in [-0.3, -0.25) is 0 Å². The maximum atomic E-state index is 4.98. The first-order chi connectivity index (χ1) is 17.6. The van der Waals surface area contributed by atoms with Crippen LogP contribution in [0.2, 0.25) is 0 Å². The van der Waals surface area contributed by atoms with Crippen molar-refractivity contribution < 1.29 is 0 Å². The van der Waals surface area contributed by atoms with Crippen molar-refractivity contribution in [2.24, 2.45) is 0 Å². The number of rotatable bonds is 2. The molecule has 0 bridgehead atoms. The Morgan fingerprint density at radius 2 is 1.36 bits per heavy atom. The predicted molar refractivity (Wildman–Crippen MR) is 145 cm³/mol. The van der Waals surface area contributed by atoms with Gasteiger partial charge in [-0.2, -0.15) is 0 Å². The second kappa shape index (κ2) is 8.48. The summed E-state index contributed by atoms with van der Waals surface area (Å²) in [7, 11) is 0. The summed E-state index contributed by atoms with van der Waals surface area (Å²) in [6.07, 6.45) is 4.63. The van der Waals surface area contributed by atoms with Crippen LogP contribution in [0.1, 0.15) is 74.4 Å². The predicted octanol–water partition coefficient (Wildman–Crippen LogP) is 5.62. The zero-order chi connectivity index (χ0) is 24.2. The van der Waals surface area contributed by atoms with E-state index in [9.17, 15) is 0 Å². The highest BCUT2D eigenvalue weighted by Gasteiger charge is 2.25. The third-order valence-electron chi connectivity index (χ3n) is 7.75. The van der Waals surface area contributed by atoms with Crippen molar-refractivity contribution in [1.29, 1.82) is 0 Å². The summed E-state index contributed by atoms with van der Waals surface area (Å²) < 4.78 is 0. The number of aromatic amines is 2. The molecule has 2 aliphatic rings. The van der Waals surface area contributed by atoms with Crippen LogP contribution in [0.25, 0.3) is 32.8 Å². The monoisotopic (exact) mass is 474 g/mol. The average Bonchev–Trinajstić information content (AvgIpc) is 3.67. The summed E-state index contributed by atoms with van der Waals surface area (Å²) in [6.45, 7) is 4.46. The molecule has 4 heterocycles. The lowest BCUT2D eigenvalue weighted by atomic mass is 10.1. The number of hydrogen-bond acceptors (Lipinski definition) is 4. The molecule has 7 rings (SSSR count). The summed E-state index contributed by atoms with van der Waals surface area (Å²) in [5.74, 6) is 8.77. The third kappa shape index (κ3) is 3.85. The van der Waals surface area contributed by atoms with Gasteiger partial charge < -0.3 is 20.6 Å². The van der Waals surface area contributed by atoms with E-state index in [1.807, 2.05) is 0 Å². The number of fused-ring (bicyclic) bond motifs is 4. The highest BCUT2D eigenvalue weighted by Crippen LogP contribution is 2.30. The summed E-state index contributed by atoms with van der Waals surface area (Å²) in [4.78, 5) is 16.8. The fourth-order valence-electron chi connectivity index (χ4n) is 5.77. The number of nitrogens with one attached hydrogen (secondary N) is 4. The number of imidazole rings is 2. The van der Waals surface area contributed by atoms with Crippen molar-refractivity contribution in [3.05, 3.63) is 71.3 Å². The Kier molecular flexibility index (Phi) is 5.09. The van der Waals surface area contributed by atoms with Gasteiger partial charge in [-0.15, -0.1) is 0 Å². The van der Waals surface area contributed by atoms with Gasteiger partial charge in [-0.1, -0.05) is 24.0 Å². The Bertz CT molecular complexity index is 1670. The van der Waals surface area contributed by atoms with E-state index in [0.29, 0.717) is 24.2 Å². The molecule has 0 amide bonds. The molecular weight excluding hydrogens is 444 g/mol. The van der Waals surface area contributed by atoms with Crippen LogP contribution in [0, 0.1) is 11.8 Å². The van der Waals surface area contributed by atoms with Gasteiger partial charge in [0.1, 0.15) is 11.6 Å². The molecule has 2 saturated heterocycles. The van der Waals surface area contributed by atoms with Crippen molar-refractivity contribution in [3.63, 3.8) is 0 Å². The van der Waals surface area contributed by atoms with Crippen molar-refractivity contribution in [2.75, 3.05) is 0 Å². The Morgan fingerprint density at radius 3 is 2.08 bits per heavy atom. The van der Waals surface area contributed by atoms with E-state index >= 15 is 0 Å². The van der Waals surface area contributed by atoms with E-state index in [4.69, 9.17) is 9.97 Å². The van der Waals surface area contributed by atoms with E-state index < -0.39 is 0 Å². The molecule has 0 spiro atoms. The van der Waals surface area contributed by atoms with Crippen LogP contribution >= 0.6 is 0 Å². The first kappa shape index (κ1) is 21.6. The van der Waals surface area contributed by atoms with Gasteiger partial charge in [0, 0.05) is 28.6 Å². The fraction of sp³-hybridized carbons (Fsp3) is 0.333. The van der Waals surface area contributed by atoms with Gasteiger partial charge >= 0.3 is 0 Å². The molecule has 5 aromatic rings. The number of aromatic nitrogens is 4. The summed E-state index contributed by atoms with van der Waals surface area (Å²) in [5, 5.41) is 9.55. The zero-order valence-electron chi connectivity index (χ0n) is 20.7. The van der Waals surface area contributed by atoms with Gasteiger partial charge in [0.2, 0.25) is 0 Å². The van der Waals surface area contributed by atoms with E-state index in [2.05, 4.69) is 94.8 Å². The van der Waals surface area contributed by atoms with Crippen LogP contribution in [0.3, 0.4) is 0 Å². The minimum absolute atomic E-state index is 0.314. The van der Waals surface area contributed by atoms with Crippen molar-refractivity contribution in [3.8, 4) is 11.8 Å². The number of benzene rings is 3. The van der Waals surface area contributed by atoms with Gasteiger partial charge in [0.25, 0.3) is 0 Å². The van der Waals surface area contributed by atoms with Crippen molar-refractivity contribution in [2.45, 2.75) is 63.7 Å². The lowest BCUT2D eigenvalue weighted by Gasteiger charge is -2.07. The maximum absolute atomic E-state index is 4.98. The molecule has 0 radical (unpaired) electrons. The molecule has 2 fully saturated rings. The standard InChI is InChI=1S/C30H30N6/c1-17-3-11-25(31-17)29-33-23-13-8-20(16-27(23)35-29)6-5-19-7-10-22-21(15-19)9-14-24-28(22)36-30(34-24)26-12-4-18(2)32-26/h7-10,13-18,25-26,31-32H,3-4,11-12H2,1-2H3,(H,33,35)(H,34,36)/t17-,18-,25-,26-/m0/s1. The van der Waals surface area contributed by atoms with Gasteiger partial charge in [-0.05, 0) is 81.3 Å². The maximum Gasteiger partial charge on any atom is 0.124 e. The summed E-state index contributed by atoms with van der Waals surface area (Å²) >= 11 is 0. The van der Waals surface area contributed by atoms with E-state index in [1.165, 1.54) is 12.8 Å². The largest absolute Gasteiger partial charge is 0.341 e. The quantitative estimate of drug-likeness (QED) is 0.250. The molecule has 0 unspecified atom stereocenters. The molecule has 180 valence electrons. The molecule has 2 aliphatic heterocycles. The Labute approximate surface area is 210 Å². The second-order valence-corrected chi connectivity index (χ2v) is 10.5. The van der Waals surface area contributed by atoms with Gasteiger partial charge in [0.15, 0.2) is 0 Å². The lowest BCUT2D eigenvalue weighted by molar-refractivity contribution is 0.565. The lowest BCUT2D eigenvalue weighted by Crippen LogP contribution is -2.21. The number of nitrogens with zero attached hydrogens (tertiary/aromatic N) is 2. The molecule has 2 aromatic heterocycles. The smallest absolute Gasteiger partial charge is 0.124 e. The van der Waals surface area contributed by atoms with Crippen LogP contribution in [0.15, 0.2) is 48.5 Å². The zero-order valence-corrected chi connectivity index (χ0v) is 20.7. The first-order valence-electron chi connectivity index (χ1n) is 13.1. The third-order valence-corrected chi connectivity index (χ3v) is 7.75. The molecule has 4 N–H and O–H groups in total. The minimum Gasteiger partial charge on any atom is -0.341 e. The molecule has 36 heavy (non-hydrogen) atoms. The summed E-state index contributed by atoms with van der Waals surface area (Å²) in [5.41, 5.74) is 6.14. The minimum atomic E-state index is 0.314. The highest BCUT2D eigenvalue weighted by atomic mass is 15.1. The van der Waals surface area contributed by atoms with Gasteiger partial charge in [0.05, 0.1) is 34.2 Å². The molecule has 6 heteroatoms. The van der Waals surface area contributed by atoms with E-state index in [1.54, 1.807) is 0 Å². The van der Waals surface area contributed by atoms with Crippen LogP contribution in [-0.4, -0.2) is 32.0 Å².